The molecule has 1 aliphatic heterocycles. The standard InChI is InChI=1S/C23H46O16/c1-9(6-24)12(27)20(39-23-16(31)14(29)13(28)11(8-26)37-23)18(33)22(36-5)38-19(10(2)7-25)15(30)17(32)21(34-3)35-4/h9-33H,6-8H2,1-5H3. The summed E-state index contributed by atoms with van der Waals surface area (Å²) in [6.45, 7) is 1.03. The number of rotatable bonds is 18. The highest BCUT2D eigenvalue weighted by Crippen LogP contribution is 2.28. The number of methoxy groups -OCH3 is 3. The lowest BCUT2D eigenvalue weighted by Crippen LogP contribution is -2.62. The molecule has 0 amide bonds. The molecule has 0 aromatic carbocycles. The van der Waals surface area contributed by atoms with Crippen molar-refractivity contribution in [1.82, 2.24) is 0 Å². The average Bonchev–Trinajstić information content (AvgIpc) is 2.94. The second-order valence-electron chi connectivity index (χ2n) is 9.62. The maximum Gasteiger partial charge on any atom is 0.187 e. The Balaban J connectivity index is 3.30. The number of aliphatic hydroxyl groups is 10. The van der Waals surface area contributed by atoms with Crippen molar-refractivity contribution >= 4 is 0 Å². The predicted molar refractivity (Wildman–Crippen MR) is 129 cm³/mol. The Morgan fingerprint density at radius 1 is 0.641 bits per heavy atom. The van der Waals surface area contributed by atoms with Gasteiger partial charge in [-0.15, -0.1) is 0 Å². The fourth-order valence-electron chi connectivity index (χ4n) is 4.10. The largest absolute Gasteiger partial charge is 0.396 e. The van der Waals surface area contributed by atoms with Crippen LogP contribution in [0.15, 0.2) is 0 Å². The molecule has 0 spiro atoms. The molecule has 234 valence electrons. The van der Waals surface area contributed by atoms with E-state index in [0.29, 0.717) is 0 Å². The van der Waals surface area contributed by atoms with Crippen LogP contribution in [0.5, 0.6) is 0 Å². The topological polar surface area (TPSA) is 258 Å². The minimum Gasteiger partial charge on any atom is -0.396 e. The summed E-state index contributed by atoms with van der Waals surface area (Å²) in [5, 5.41) is 103. The number of hydrogen-bond donors (Lipinski definition) is 10. The Bertz CT molecular complexity index is 654. The molecule has 10 N–H and O–H groups in total. The lowest BCUT2D eigenvalue weighted by molar-refractivity contribution is -0.339. The van der Waals surface area contributed by atoms with Crippen LogP contribution >= 0.6 is 0 Å². The summed E-state index contributed by atoms with van der Waals surface area (Å²) in [5.74, 6) is -1.77. The third kappa shape index (κ3) is 9.17. The zero-order valence-electron chi connectivity index (χ0n) is 22.7. The van der Waals surface area contributed by atoms with Crippen LogP contribution in [0, 0.1) is 11.8 Å². The second-order valence-corrected chi connectivity index (χ2v) is 9.62. The molecule has 1 fully saturated rings. The SMILES string of the molecule is COC(OC)C(O)C(O)C(OC(OC)C(O)C(OC1OC(CO)C(O)C(O)C1O)C(O)C(C)CO)C(C)CO. The zero-order valence-corrected chi connectivity index (χ0v) is 22.7. The van der Waals surface area contributed by atoms with Crippen molar-refractivity contribution in [3.8, 4) is 0 Å². The maximum atomic E-state index is 11.2. The van der Waals surface area contributed by atoms with Gasteiger partial charge in [-0.1, -0.05) is 13.8 Å². The molecule has 0 bridgehead atoms. The minimum absolute atomic E-state index is 0.527. The molecule has 1 rings (SSSR count). The molecule has 1 saturated heterocycles. The normalized spacial score (nSPS) is 31.2. The molecule has 16 nitrogen and oxygen atoms in total. The maximum absolute atomic E-state index is 11.2. The van der Waals surface area contributed by atoms with Gasteiger partial charge in [0.05, 0.1) is 18.8 Å². The monoisotopic (exact) mass is 578 g/mol. The summed E-state index contributed by atoms with van der Waals surface area (Å²) in [6, 6.07) is 0. The lowest BCUT2D eigenvalue weighted by Gasteiger charge is -2.43. The van der Waals surface area contributed by atoms with Crippen LogP contribution in [-0.2, 0) is 28.4 Å². The van der Waals surface area contributed by atoms with Crippen LogP contribution in [0.4, 0.5) is 0 Å². The summed E-state index contributed by atoms with van der Waals surface area (Å²) in [5.41, 5.74) is 0. The summed E-state index contributed by atoms with van der Waals surface area (Å²) in [6.07, 6.45) is -21.7. The molecule has 0 aliphatic carbocycles. The smallest absolute Gasteiger partial charge is 0.187 e. The van der Waals surface area contributed by atoms with Gasteiger partial charge in [-0.25, -0.2) is 0 Å². The van der Waals surface area contributed by atoms with Gasteiger partial charge in [0, 0.05) is 46.4 Å². The molecular weight excluding hydrogens is 532 g/mol. The van der Waals surface area contributed by atoms with Gasteiger partial charge in [-0.2, -0.15) is 0 Å². The van der Waals surface area contributed by atoms with Crippen molar-refractivity contribution in [3.05, 3.63) is 0 Å². The molecule has 14 atom stereocenters. The van der Waals surface area contributed by atoms with E-state index in [1.54, 1.807) is 0 Å². The summed E-state index contributed by atoms with van der Waals surface area (Å²) < 4.78 is 31.8. The molecule has 0 saturated carbocycles. The molecule has 1 aliphatic rings. The quantitative estimate of drug-likeness (QED) is 0.0682. The first kappa shape index (κ1) is 36.4. The van der Waals surface area contributed by atoms with E-state index in [4.69, 9.17) is 28.4 Å². The van der Waals surface area contributed by atoms with Crippen molar-refractivity contribution < 1.29 is 79.5 Å². The van der Waals surface area contributed by atoms with E-state index in [1.807, 2.05) is 0 Å². The van der Waals surface area contributed by atoms with Gasteiger partial charge in [0.1, 0.15) is 48.8 Å². The highest BCUT2D eigenvalue weighted by atomic mass is 16.7. The van der Waals surface area contributed by atoms with Crippen molar-refractivity contribution in [2.75, 3.05) is 41.2 Å². The lowest BCUT2D eigenvalue weighted by atomic mass is 9.94. The molecule has 39 heavy (non-hydrogen) atoms. The van der Waals surface area contributed by atoms with Crippen LogP contribution in [0.2, 0.25) is 0 Å². The van der Waals surface area contributed by atoms with E-state index in [0.717, 1.165) is 7.11 Å². The molecule has 14 unspecified atom stereocenters. The molecule has 1 heterocycles. The highest BCUT2D eigenvalue weighted by molar-refractivity contribution is 4.92. The number of ether oxygens (including phenoxy) is 6. The first-order valence-corrected chi connectivity index (χ1v) is 12.5. The molecular formula is C23H46O16. The summed E-state index contributed by atoms with van der Waals surface area (Å²) >= 11 is 0. The van der Waals surface area contributed by atoms with Gasteiger partial charge >= 0.3 is 0 Å². The van der Waals surface area contributed by atoms with Gasteiger partial charge in [0.25, 0.3) is 0 Å². The van der Waals surface area contributed by atoms with Crippen LogP contribution in [0.25, 0.3) is 0 Å². The van der Waals surface area contributed by atoms with Crippen molar-refractivity contribution in [3.63, 3.8) is 0 Å². The van der Waals surface area contributed by atoms with E-state index in [9.17, 15) is 51.1 Å². The van der Waals surface area contributed by atoms with Gasteiger partial charge in [0.2, 0.25) is 0 Å². The predicted octanol–water partition coefficient (Wildman–Crippen LogP) is -5.15. The Kier molecular flexibility index (Phi) is 16.2. The van der Waals surface area contributed by atoms with Gasteiger partial charge in [-0.05, 0) is 0 Å². The third-order valence-corrected chi connectivity index (χ3v) is 6.77. The number of hydrogen-bond acceptors (Lipinski definition) is 16. The van der Waals surface area contributed by atoms with Crippen LogP contribution in [-0.4, -0.2) is 172 Å². The highest BCUT2D eigenvalue weighted by Gasteiger charge is 2.48. The first-order valence-electron chi connectivity index (χ1n) is 12.5. The first-order chi connectivity index (χ1) is 18.3. The fourth-order valence-corrected chi connectivity index (χ4v) is 4.10. The molecule has 0 aromatic rings. The fraction of sp³-hybridized carbons (Fsp3) is 1.00. The average molecular weight is 579 g/mol. The van der Waals surface area contributed by atoms with Crippen LogP contribution in [0.3, 0.4) is 0 Å². The Labute approximate surface area is 226 Å². The van der Waals surface area contributed by atoms with Gasteiger partial charge in [0.15, 0.2) is 18.9 Å². The van der Waals surface area contributed by atoms with Crippen LogP contribution in [0.1, 0.15) is 13.8 Å². The summed E-state index contributed by atoms with van der Waals surface area (Å²) in [7, 11) is 3.56. The number of aliphatic hydroxyl groups excluding tert-OH is 10. The third-order valence-electron chi connectivity index (χ3n) is 6.77. The Hall–Kier alpha value is -0.640. The van der Waals surface area contributed by atoms with Crippen molar-refractivity contribution in [1.29, 1.82) is 0 Å². The minimum atomic E-state index is -1.94. The Morgan fingerprint density at radius 2 is 1.18 bits per heavy atom. The van der Waals surface area contributed by atoms with E-state index >= 15 is 0 Å². The van der Waals surface area contributed by atoms with Crippen LogP contribution < -0.4 is 0 Å². The van der Waals surface area contributed by atoms with Crippen molar-refractivity contribution in [2.45, 2.75) is 93.8 Å². The van der Waals surface area contributed by atoms with E-state index in [2.05, 4.69) is 0 Å². The zero-order chi connectivity index (χ0) is 30.0. The van der Waals surface area contributed by atoms with Gasteiger partial charge in [-0.3, -0.25) is 0 Å². The van der Waals surface area contributed by atoms with E-state index < -0.39 is 112 Å². The van der Waals surface area contributed by atoms with E-state index in [-0.39, 0.29) is 0 Å². The van der Waals surface area contributed by atoms with Gasteiger partial charge < -0.3 is 79.5 Å². The summed E-state index contributed by atoms with van der Waals surface area (Å²) in [4.78, 5) is 0. The molecule has 0 aromatic heterocycles. The Morgan fingerprint density at radius 3 is 1.64 bits per heavy atom. The van der Waals surface area contributed by atoms with E-state index in [1.165, 1.54) is 28.1 Å². The molecule has 16 heteroatoms. The van der Waals surface area contributed by atoms with Crippen molar-refractivity contribution in [2.24, 2.45) is 11.8 Å². The molecule has 0 radical (unpaired) electrons. The second kappa shape index (κ2) is 17.3.